The zero-order valence-electron chi connectivity index (χ0n) is 22.4. The number of phosphoric acid groups is 1. The first kappa shape index (κ1) is 31.1. The molecule has 0 saturated carbocycles. The lowest BCUT2D eigenvalue weighted by Crippen LogP contribution is -2.32. The molecule has 5 rings (SSSR count). The molecule has 4 heterocycles. The quantitative estimate of drug-likeness (QED) is 0.226. The van der Waals surface area contributed by atoms with Gasteiger partial charge in [-0.2, -0.15) is 0 Å². The fourth-order valence-corrected chi connectivity index (χ4v) is 6.94. The number of nitrogens with zero attached hydrogens (tertiary/aromatic N) is 4. The third-order valence-electron chi connectivity index (χ3n) is 6.30. The number of carbonyl (C=O) groups is 2. The number of aliphatic carboxylic acids is 1. The summed E-state index contributed by atoms with van der Waals surface area (Å²) < 4.78 is 52.6. The highest BCUT2D eigenvalue weighted by Crippen LogP contribution is 2.55. The van der Waals surface area contributed by atoms with Crippen molar-refractivity contribution in [2.75, 3.05) is 24.6 Å². The molecule has 2 saturated heterocycles. The van der Waals surface area contributed by atoms with Crippen LogP contribution in [0, 0.1) is 0 Å². The predicted octanol–water partition coefficient (Wildman–Crippen LogP) is 0.358. The molecule has 3 aromatic rings. The van der Waals surface area contributed by atoms with Crippen LogP contribution in [-0.4, -0.2) is 80.5 Å². The lowest BCUT2D eigenvalue weighted by Gasteiger charge is -2.31. The number of imidazole rings is 1. The molecule has 5 unspecified atom stereocenters. The van der Waals surface area contributed by atoms with Gasteiger partial charge in [0.05, 0.1) is 12.9 Å². The van der Waals surface area contributed by atoms with Crippen LogP contribution in [0.5, 0.6) is 0 Å². The van der Waals surface area contributed by atoms with Gasteiger partial charge in [0, 0.05) is 13.0 Å². The number of benzene rings is 1. The Kier molecular flexibility index (Phi) is 9.22. The predicted molar refractivity (Wildman–Crippen MR) is 140 cm³/mol. The number of anilines is 1. The number of aromatic nitrogens is 4. The smallest absolute Gasteiger partial charge is 0.320 e. The summed E-state index contributed by atoms with van der Waals surface area (Å²) >= 11 is 0. The molecule has 2 aliphatic heterocycles. The average molecular weight is 640 g/mol. The van der Waals surface area contributed by atoms with Gasteiger partial charge in [0.2, 0.25) is 0 Å². The molecule has 0 radical (unpaired) electrons. The van der Waals surface area contributed by atoms with Crippen LogP contribution in [-0.2, 0) is 43.4 Å². The molecule has 0 spiro atoms. The standard InChI is InChI=1S/C23H28N6O12P2/c1-2-24-23(32)28-20-17-21(26-11-25-20)29(12-27-17)22-19-18(39-16(40-19)8-13-6-4-3-5-7-13)14(38-22)9-37-43(35,36)41-42(33,34)10-15(30)31/h3-7,11-12,14,16,18-19,22H,2,8-10H2,1H3,(H,30,31)(H,33,34)(H,35,36)(H2,24,25,26,28,32)/p-2/t14-,16?,18?,19?,22-/m1/s1. The summed E-state index contributed by atoms with van der Waals surface area (Å²) in [6, 6.07) is 8.81. The first-order valence-electron chi connectivity index (χ1n) is 12.9. The molecule has 7 atom stereocenters. The molecule has 43 heavy (non-hydrogen) atoms. The molecule has 2 aromatic heterocycles. The Bertz CT molecular complexity index is 1570. The number of amides is 2. The van der Waals surface area contributed by atoms with Gasteiger partial charge in [-0.05, 0) is 12.5 Å². The zero-order valence-corrected chi connectivity index (χ0v) is 24.2. The Balaban J connectivity index is 1.38. The summed E-state index contributed by atoms with van der Waals surface area (Å²) in [6.07, 6.45) is -3.23. The van der Waals surface area contributed by atoms with Crippen LogP contribution in [0.25, 0.3) is 11.2 Å². The maximum absolute atomic E-state index is 12.3. The average Bonchev–Trinajstić information content (AvgIpc) is 3.61. The summed E-state index contributed by atoms with van der Waals surface area (Å²) in [6.45, 7) is 1.38. The first-order chi connectivity index (χ1) is 20.4. The highest BCUT2D eigenvalue weighted by molar-refractivity contribution is 7.63. The molecular formula is C23H26N6O12P2-2. The number of fused-ring (bicyclic) bond motifs is 2. The summed E-state index contributed by atoms with van der Waals surface area (Å²) in [5.74, 6) is -1.67. The highest BCUT2D eigenvalue weighted by Gasteiger charge is 2.54. The topological polar surface area (TPSA) is 248 Å². The number of hydrogen-bond donors (Lipinski definition) is 3. The van der Waals surface area contributed by atoms with Gasteiger partial charge in [-0.1, -0.05) is 30.3 Å². The minimum atomic E-state index is -5.53. The molecule has 0 bridgehead atoms. The second-order valence-corrected chi connectivity index (χ2v) is 12.7. The molecule has 232 valence electrons. The fraction of sp³-hybridized carbons (Fsp3) is 0.435. The van der Waals surface area contributed by atoms with E-state index in [2.05, 4.69) is 29.9 Å². The molecular weight excluding hydrogens is 614 g/mol. The minimum Gasteiger partial charge on any atom is -0.778 e. The van der Waals surface area contributed by atoms with E-state index in [9.17, 15) is 28.5 Å². The molecule has 2 fully saturated rings. The van der Waals surface area contributed by atoms with Gasteiger partial charge < -0.3 is 43.5 Å². The van der Waals surface area contributed by atoms with Gasteiger partial charge in [0.25, 0.3) is 7.82 Å². The maximum atomic E-state index is 12.3. The normalized spacial score (nSPS) is 26.0. The monoisotopic (exact) mass is 640 g/mol. The molecule has 2 aliphatic rings. The van der Waals surface area contributed by atoms with E-state index < -0.39 is 71.0 Å². The third-order valence-corrected chi connectivity index (χ3v) is 9.22. The molecule has 1 aromatic carbocycles. The number of ether oxygens (including phenoxy) is 3. The number of nitrogens with one attached hydrogen (secondary N) is 2. The maximum Gasteiger partial charge on any atom is 0.320 e. The molecule has 3 N–H and O–H groups in total. The van der Waals surface area contributed by atoms with Crippen LogP contribution in [0.3, 0.4) is 0 Å². The number of carboxylic acids is 1. The van der Waals surface area contributed by atoms with Crippen molar-refractivity contribution in [2.24, 2.45) is 0 Å². The number of urea groups is 1. The van der Waals surface area contributed by atoms with E-state index in [4.69, 9.17) is 23.8 Å². The number of phosphoric ester groups is 1. The van der Waals surface area contributed by atoms with Crippen LogP contribution >= 0.6 is 15.4 Å². The Morgan fingerprint density at radius 2 is 1.84 bits per heavy atom. The third kappa shape index (κ3) is 7.44. The van der Waals surface area contributed by atoms with Crippen molar-refractivity contribution < 1.29 is 56.7 Å². The van der Waals surface area contributed by atoms with Crippen LogP contribution in [0.2, 0.25) is 0 Å². The number of carbonyl (C=O) groups excluding carboxylic acids is 1. The number of carboxylic acid groups (broad SMARTS) is 1. The van der Waals surface area contributed by atoms with Gasteiger partial charge >= 0.3 is 12.0 Å². The zero-order chi connectivity index (χ0) is 30.8. The van der Waals surface area contributed by atoms with Crippen molar-refractivity contribution in [3.63, 3.8) is 0 Å². The SMILES string of the molecule is CCNC(=O)Nc1ncnc2c1ncn2[C@@H]1O[C@H](COP(=O)([O-])OP(=O)([O-])CC(=O)O)C2OC(Cc3ccccc3)OC21. The summed E-state index contributed by atoms with van der Waals surface area (Å²) in [5.41, 5.74) is 1.39. The van der Waals surface area contributed by atoms with Crippen LogP contribution in [0.1, 0.15) is 18.7 Å². The van der Waals surface area contributed by atoms with Crippen molar-refractivity contribution in [3.05, 3.63) is 48.5 Å². The van der Waals surface area contributed by atoms with Crippen LogP contribution in [0.4, 0.5) is 10.6 Å². The van der Waals surface area contributed by atoms with Crippen LogP contribution in [0.15, 0.2) is 43.0 Å². The first-order valence-corrected chi connectivity index (χ1v) is 16.0. The van der Waals surface area contributed by atoms with E-state index in [1.54, 1.807) is 6.92 Å². The summed E-state index contributed by atoms with van der Waals surface area (Å²) in [7, 11) is -10.8. The Hall–Kier alpha value is -3.31. The minimum absolute atomic E-state index is 0.127. The van der Waals surface area contributed by atoms with Crippen LogP contribution < -0.4 is 20.4 Å². The Morgan fingerprint density at radius 1 is 1.09 bits per heavy atom. The van der Waals surface area contributed by atoms with E-state index in [-0.39, 0.29) is 17.0 Å². The van der Waals surface area contributed by atoms with E-state index in [0.717, 1.165) is 5.56 Å². The molecule has 0 aliphatic carbocycles. The second-order valence-electron chi connectivity index (χ2n) is 9.40. The second kappa shape index (κ2) is 12.7. The highest BCUT2D eigenvalue weighted by atomic mass is 31.3. The van der Waals surface area contributed by atoms with E-state index in [1.165, 1.54) is 17.2 Å². The van der Waals surface area contributed by atoms with Gasteiger partial charge in [-0.3, -0.25) is 23.6 Å². The van der Waals surface area contributed by atoms with Gasteiger partial charge in [0.1, 0.15) is 30.8 Å². The van der Waals surface area contributed by atoms with Crippen molar-refractivity contribution in [1.29, 1.82) is 0 Å². The van der Waals surface area contributed by atoms with Gasteiger partial charge in [-0.25, -0.2) is 19.7 Å². The summed E-state index contributed by atoms with van der Waals surface area (Å²) in [4.78, 5) is 59.5. The van der Waals surface area contributed by atoms with Crippen molar-refractivity contribution >= 4 is 44.4 Å². The van der Waals surface area contributed by atoms with E-state index >= 15 is 0 Å². The van der Waals surface area contributed by atoms with E-state index in [1.807, 2.05) is 30.3 Å². The van der Waals surface area contributed by atoms with Gasteiger partial charge in [0.15, 0.2) is 37.1 Å². The lowest BCUT2D eigenvalue weighted by atomic mass is 10.1. The lowest BCUT2D eigenvalue weighted by molar-refractivity contribution is -0.234. The summed E-state index contributed by atoms with van der Waals surface area (Å²) in [5, 5.41) is 13.9. The molecule has 20 heteroatoms. The van der Waals surface area contributed by atoms with Crippen molar-refractivity contribution in [1.82, 2.24) is 24.8 Å². The Labute approximate surface area is 243 Å². The number of hydrogen-bond acceptors (Lipinski definition) is 14. The molecule has 18 nitrogen and oxygen atoms in total. The van der Waals surface area contributed by atoms with Crippen molar-refractivity contribution in [3.8, 4) is 0 Å². The molecule has 2 amide bonds. The van der Waals surface area contributed by atoms with Gasteiger partial charge in [-0.15, -0.1) is 0 Å². The largest absolute Gasteiger partial charge is 0.778 e. The Morgan fingerprint density at radius 3 is 2.56 bits per heavy atom. The fourth-order valence-electron chi connectivity index (χ4n) is 4.64. The van der Waals surface area contributed by atoms with Crippen molar-refractivity contribution in [2.45, 2.75) is 44.2 Å². The number of rotatable bonds is 12. The van der Waals surface area contributed by atoms with E-state index in [0.29, 0.717) is 13.0 Å².